The van der Waals surface area contributed by atoms with Gasteiger partial charge in [-0.05, 0) is 24.3 Å². The number of carbonyl (C=O) groups is 1. The smallest absolute Gasteiger partial charge is 0.253 e. The van der Waals surface area contributed by atoms with E-state index < -0.39 is 9.84 Å². The molecule has 0 saturated carbocycles. The van der Waals surface area contributed by atoms with Crippen molar-refractivity contribution in [2.24, 2.45) is 5.73 Å². The summed E-state index contributed by atoms with van der Waals surface area (Å²) in [6.07, 6.45) is 1.15. The second-order valence-corrected chi connectivity index (χ2v) is 7.23. The predicted molar refractivity (Wildman–Crippen MR) is 80.9 cm³/mol. The van der Waals surface area contributed by atoms with Crippen LogP contribution in [0.25, 0.3) is 0 Å². The molecule has 1 fully saturated rings. The van der Waals surface area contributed by atoms with Crippen LogP contribution < -0.4 is 5.73 Å². The summed E-state index contributed by atoms with van der Waals surface area (Å²) in [5, 5.41) is 0. The van der Waals surface area contributed by atoms with Gasteiger partial charge in [0.05, 0.1) is 4.90 Å². The van der Waals surface area contributed by atoms with E-state index in [1.165, 1.54) is 12.1 Å². The minimum Gasteiger partial charge on any atom is -0.336 e. The summed E-state index contributed by atoms with van der Waals surface area (Å²) in [5.74, 6) is -0.0533. The maximum atomic E-state index is 12.4. The zero-order chi connectivity index (χ0) is 15.5. The first-order valence-corrected chi connectivity index (χ1v) is 8.83. The molecular formula is C14H21N3O3S. The molecule has 7 heteroatoms. The molecule has 1 aromatic rings. The SMILES string of the molecule is CS(=O)(=O)c1ccc(C(=O)N2CCN(CCN)CC2)cc1. The standard InChI is InChI=1S/C14H21N3O3S/c1-21(19,20)13-4-2-12(3-5-13)14(18)17-10-8-16(7-6-15)9-11-17/h2-5H,6-11,15H2,1H3. The van der Waals surface area contributed by atoms with Crippen molar-refractivity contribution in [1.82, 2.24) is 9.80 Å². The molecule has 1 saturated heterocycles. The number of nitrogens with zero attached hydrogens (tertiary/aromatic N) is 2. The molecule has 1 heterocycles. The molecule has 1 aliphatic heterocycles. The molecule has 21 heavy (non-hydrogen) atoms. The lowest BCUT2D eigenvalue weighted by atomic mass is 10.2. The second kappa shape index (κ2) is 6.55. The summed E-state index contributed by atoms with van der Waals surface area (Å²) in [5.41, 5.74) is 6.05. The van der Waals surface area contributed by atoms with Crippen molar-refractivity contribution in [3.8, 4) is 0 Å². The van der Waals surface area contributed by atoms with Gasteiger partial charge in [-0.25, -0.2) is 8.42 Å². The summed E-state index contributed by atoms with van der Waals surface area (Å²) >= 11 is 0. The first kappa shape index (κ1) is 15.9. The molecule has 2 rings (SSSR count). The molecule has 2 N–H and O–H groups in total. The van der Waals surface area contributed by atoms with Crippen LogP contribution in [0.2, 0.25) is 0 Å². The molecule has 0 aliphatic carbocycles. The van der Waals surface area contributed by atoms with Gasteiger partial charge in [-0.1, -0.05) is 0 Å². The van der Waals surface area contributed by atoms with Crippen LogP contribution in [0.1, 0.15) is 10.4 Å². The van der Waals surface area contributed by atoms with E-state index in [-0.39, 0.29) is 10.8 Å². The topological polar surface area (TPSA) is 83.7 Å². The Hall–Kier alpha value is -1.44. The highest BCUT2D eigenvalue weighted by Gasteiger charge is 2.21. The lowest BCUT2D eigenvalue weighted by molar-refractivity contribution is 0.0641. The number of nitrogens with two attached hydrogens (primary N) is 1. The monoisotopic (exact) mass is 311 g/mol. The van der Waals surface area contributed by atoms with Gasteiger partial charge in [0.2, 0.25) is 0 Å². The van der Waals surface area contributed by atoms with Gasteiger partial charge in [-0.2, -0.15) is 0 Å². The summed E-state index contributed by atoms with van der Waals surface area (Å²) in [4.78, 5) is 16.6. The number of hydrogen-bond donors (Lipinski definition) is 1. The molecule has 1 aromatic carbocycles. The Balaban J connectivity index is 2.01. The normalized spacial score (nSPS) is 17.0. The van der Waals surface area contributed by atoms with Gasteiger partial charge in [0, 0.05) is 51.1 Å². The molecule has 0 aromatic heterocycles. The Morgan fingerprint density at radius 3 is 2.19 bits per heavy atom. The third-order valence-electron chi connectivity index (χ3n) is 3.63. The molecule has 116 valence electrons. The number of amides is 1. The molecule has 6 nitrogen and oxygen atoms in total. The van der Waals surface area contributed by atoms with Crippen molar-refractivity contribution >= 4 is 15.7 Å². The fourth-order valence-corrected chi connectivity index (χ4v) is 3.01. The van der Waals surface area contributed by atoms with E-state index in [0.717, 1.165) is 25.9 Å². The van der Waals surface area contributed by atoms with Crippen LogP contribution in [0, 0.1) is 0 Å². The Morgan fingerprint density at radius 1 is 1.14 bits per heavy atom. The number of benzene rings is 1. The predicted octanol–water partition coefficient (Wildman–Crippen LogP) is -0.193. The average Bonchev–Trinajstić information content (AvgIpc) is 2.47. The maximum Gasteiger partial charge on any atom is 0.253 e. The van der Waals surface area contributed by atoms with Crippen LogP contribution in [0.5, 0.6) is 0 Å². The van der Waals surface area contributed by atoms with Crippen molar-refractivity contribution in [3.05, 3.63) is 29.8 Å². The van der Waals surface area contributed by atoms with Gasteiger partial charge in [0.15, 0.2) is 9.84 Å². The van der Waals surface area contributed by atoms with Crippen LogP contribution in [0.15, 0.2) is 29.2 Å². The van der Waals surface area contributed by atoms with E-state index in [1.54, 1.807) is 17.0 Å². The van der Waals surface area contributed by atoms with E-state index in [9.17, 15) is 13.2 Å². The molecule has 1 amide bonds. The average molecular weight is 311 g/mol. The second-order valence-electron chi connectivity index (χ2n) is 5.22. The van der Waals surface area contributed by atoms with Gasteiger partial charge in [0.25, 0.3) is 5.91 Å². The first-order valence-electron chi connectivity index (χ1n) is 6.93. The fraction of sp³-hybridized carbons (Fsp3) is 0.500. The summed E-state index contributed by atoms with van der Waals surface area (Å²) in [6.45, 7) is 4.47. The fourth-order valence-electron chi connectivity index (χ4n) is 2.38. The zero-order valence-corrected chi connectivity index (χ0v) is 13.0. The molecular weight excluding hydrogens is 290 g/mol. The van der Waals surface area contributed by atoms with E-state index in [1.807, 2.05) is 0 Å². The van der Waals surface area contributed by atoms with Crippen LogP contribution in [0.3, 0.4) is 0 Å². The van der Waals surface area contributed by atoms with Crippen molar-refractivity contribution in [2.45, 2.75) is 4.90 Å². The molecule has 0 radical (unpaired) electrons. The van der Waals surface area contributed by atoms with Crippen molar-refractivity contribution in [3.63, 3.8) is 0 Å². The summed E-state index contributed by atoms with van der Waals surface area (Å²) < 4.78 is 22.8. The molecule has 0 bridgehead atoms. The highest BCUT2D eigenvalue weighted by atomic mass is 32.2. The third-order valence-corrected chi connectivity index (χ3v) is 4.76. The lowest BCUT2D eigenvalue weighted by Crippen LogP contribution is -2.49. The first-order chi connectivity index (χ1) is 9.91. The Morgan fingerprint density at radius 2 is 1.71 bits per heavy atom. The van der Waals surface area contributed by atoms with E-state index >= 15 is 0 Å². The highest BCUT2D eigenvalue weighted by Crippen LogP contribution is 2.13. The number of carbonyl (C=O) groups excluding carboxylic acids is 1. The van der Waals surface area contributed by atoms with E-state index in [4.69, 9.17) is 5.73 Å². The Labute approximate surface area is 125 Å². The number of piperazine rings is 1. The maximum absolute atomic E-state index is 12.4. The van der Waals surface area contributed by atoms with E-state index in [0.29, 0.717) is 25.2 Å². The Kier molecular flexibility index (Phi) is 4.97. The largest absolute Gasteiger partial charge is 0.336 e. The van der Waals surface area contributed by atoms with Gasteiger partial charge >= 0.3 is 0 Å². The van der Waals surface area contributed by atoms with Crippen LogP contribution in [-0.2, 0) is 9.84 Å². The number of hydrogen-bond acceptors (Lipinski definition) is 5. The molecule has 0 atom stereocenters. The number of sulfone groups is 1. The molecule has 0 spiro atoms. The van der Waals surface area contributed by atoms with Crippen LogP contribution in [0.4, 0.5) is 0 Å². The zero-order valence-electron chi connectivity index (χ0n) is 12.2. The molecule has 0 unspecified atom stereocenters. The molecule has 1 aliphatic rings. The highest BCUT2D eigenvalue weighted by molar-refractivity contribution is 7.90. The minimum atomic E-state index is -3.23. The minimum absolute atomic E-state index is 0.0533. The summed E-state index contributed by atoms with van der Waals surface area (Å²) in [7, 11) is -3.23. The Bertz CT molecular complexity index is 590. The van der Waals surface area contributed by atoms with Crippen LogP contribution in [-0.4, -0.2) is 69.6 Å². The van der Waals surface area contributed by atoms with Gasteiger partial charge < -0.3 is 10.6 Å². The third kappa shape index (κ3) is 4.03. The van der Waals surface area contributed by atoms with Crippen LogP contribution >= 0.6 is 0 Å². The van der Waals surface area contributed by atoms with Crippen molar-refractivity contribution in [2.75, 3.05) is 45.5 Å². The van der Waals surface area contributed by atoms with Gasteiger partial charge in [-0.15, -0.1) is 0 Å². The van der Waals surface area contributed by atoms with Crippen molar-refractivity contribution in [1.29, 1.82) is 0 Å². The van der Waals surface area contributed by atoms with Gasteiger partial charge in [-0.3, -0.25) is 9.69 Å². The van der Waals surface area contributed by atoms with Gasteiger partial charge in [0.1, 0.15) is 0 Å². The summed E-state index contributed by atoms with van der Waals surface area (Å²) in [6, 6.07) is 6.11. The number of rotatable bonds is 4. The lowest BCUT2D eigenvalue weighted by Gasteiger charge is -2.34. The van der Waals surface area contributed by atoms with Crippen molar-refractivity contribution < 1.29 is 13.2 Å². The quantitative estimate of drug-likeness (QED) is 0.833. The van der Waals surface area contributed by atoms with E-state index in [2.05, 4.69) is 4.90 Å².